The molecule has 0 radical (unpaired) electrons. The number of hydrogen-bond donors (Lipinski definition) is 1. The molecule has 0 fully saturated rings. The van der Waals surface area contributed by atoms with E-state index in [4.69, 9.17) is 4.74 Å². The van der Waals surface area contributed by atoms with Crippen molar-refractivity contribution in [2.24, 2.45) is 0 Å². The first kappa shape index (κ1) is 16.4. The number of aryl methyl sites for hydroxylation is 1. The predicted molar refractivity (Wildman–Crippen MR) is 104 cm³/mol. The van der Waals surface area contributed by atoms with Crippen LogP contribution in [0.2, 0.25) is 0 Å². The van der Waals surface area contributed by atoms with Gasteiger partial charge in [0.1, 0.15) is 5.75 Å². The van der Waals surface area contributed by atoms with E-state index in [0.717, 1.165) is 27.5 Å². The average molecular weight is 363 g/mol. The van der Waals surface area contributed by atoms with E-state index in [9.17, 15) is 4.79 Å². The predicted octanol–water partition coefficient (Wildman–Crippen LogP) is 4.39. The van der Waals surface area contributed by atoms with Gasteiger partial charge in [0.05, 0.1) is 5.69 Å². The maximum absolute atomic E-state index is 12.1. The van der Waals surface area contributed by atoms with Crippen LogP contribution < -0.4 is 10.1 Å². The number of anilines is 1. The number of imidazole rings is 1. The average Bonchev–Trinajstić information content (AvgIpc) is 3.23. The van der Waals surface area contributed by atoms with Crippen molar-refractivity contribution < 1.29 is 9.53 Å². The molecule has 130 valence electrons. The van der Waals surface area contributed by atoms with Crippen molar-refractivity contribution in [1.82, 2.24) is 9.38 Å². The molecule has 1 N–H and O–H groups in total. The Hall–Kier alpha value is -3.12. The zero-order valence-corrected chi connectivity index (χ0v) is 15.0. The third kappa shape index (κ3) is 3.60. The van der Waals surface area contributed by atoms with Crippen molar-refractivity contribution in [2.45, 2.75) is 6.92 Å². The second-order valence-corrected chi connectivity index (χ2v) is 6.82. The van der Waals surface area contributed by atoms with Crippen molar-refractivity contribution in [3.8, 4) is 17.0 Å². The van der Waals surface area contributed by atoms with Crippen LogP contribution in [0.25, 0.3) is 16.2 Å². The first-order valence-electron chi connectivity index (χ1n) is 8.19. The molecule has 4 aromatic rings. The van der Waals surface area contributed by atoms with Crippen LogP contribution in [0.4, 0.5) is 5.69 Å². The SMILES string of the molecule is Cc1cccc(OCC(=O)Nc2ccc(-c3cn4ccsc4n3)cc2)c1. The summed E-state index contributed by atoms with van der Waals surface area (Å²) in [5, 5.41) is 4.84. The van der Waals surface area contributed by atoms with E-state index in [1.807, 2.05) is 77.6 Å². The number of benzene rings is 2. The molecule has 0 spiro atoms. The molecule has 2 aromatic heterocycles. The van der Waals surface area contributed by atoms with Crippen LogP contribution in [-0.2, 0) is 4.79 Å². The highest BCUT2D eigenvalue weighted by atomic mass is 32.1. The van der Waals surface area contributed by atoms with Crippen LogP contribution in [0, 0.1) is 6.92 Å². The fourth-order valence-electron chi connectivity index (χ4n) is 2.64. The second kappa shape index (κ2) is 7.01. The Morgan fingerprint density at radius 1 is 1.23 bits per heavy atom. The summed E-state index contributed by atoms with van der Waals surface area (Å²) in [5.41, 5.74) is 3.75. The highest BCUT2D eigenvalue weighted by molar-refractivity contribution is 7.15. The topological polar surface area (TPSA) is 55.6 Å². The number of carbonyl (C=O) groups excluding carboxylic acids is 1. The lowest BCUT2D eigenvalue weighted by Gasteiger charge is -2.08. The van der Waals surface area contributed by atoms with E-state index in [-0.39, 0.29) is 12.5 Å². The van der Waals surface area contributed by atoms with E-state index in [1.165, 1.54) is 0 Å². The molecular weight excluding hydrogens is 346 g/mol. The number of carbonyl (C=O) groups is 1. The van der Waals surface area contributed by atoms with Crippen LogP contribution in [0.1, 0.15) is 5.56 Å². The number of amides is 1. The Morgan fingerprint density at radius 3 is 2.85 bits per heavy atom. The van der Waals surface area contributed by atoms with Crippen molar-refractivity contribution in [1.29, 1.82) is 0 Å². The Morgan fingerprint density at radius 2 is 2.08 bits per heavy atom. The number of nitrogens with zero attached hydrogens (tertiary/aromatic N) is 2. The van der Waals surface area contributed by atoms with Gasteiger partial charge in [0, 0.05) is 29.0 Å². The summed E-state index contributed by atoms with van der Waals surface area (Å²) in [7, 11) is 0. The van der Waals surface area contributed by atoms with Gasteiger partial charge < -0.3 is 10.1 Å². The van der Waals surface area contributed by atoms with Crippen molar-refractivity contribution in [2.75, 3.05) is 11.9 Å². The third-order valence-corrected chi connectivity index (χ3v) is 4.69. The van der Waals surface area contributed by atoms with Gasteiger partial charge in [-0.15, -0.1) is 11.3 Å². The van der Waals surface area contributed by atoms with Gasteiger partial charge in [-0.2, -0.15) is 0 Å². The Balaban J connectivity index is 1.37. The smallest absolute Gasteiger partial charge is 0.262 e. The Bertz CT molecular complexity index is 1020. The molecule has 0 aliphatic heterocycles. The molecule has 5 nitrogen and oxygen atoms in total. The molecule has 1 amide bonds. The zero-order valence-electron chi connectivity index (χ0n) is 14.2. The number of hydrogen-bond acceptors (Lipinski definition) is 4. The fraction of sp³-hybridized carbons (Fsp3) is 0.100. The molecular formula is C20H17N3O2S. The number of fused-ring (bicyclic) bond motifs is 1. The summed E-state index contributed by atoms with van der Waals surface area (Å²) < 4.78 is 7.51. The van der Waals surface area contributed by atoms with E-state index in [2.05, 4.69) is 10.3 Å². The molecule has 0 aliphatic carbocycles. The highest BCUT2D eigenvalue weighted by Crippen LogP contribution is 2.23. The van der Waals surface area contributed by atoms with Crippen LogP contribution in [0.15, 0.2) is 66.3 Å². The quantitative estimate of drug-likeness (QED) is 0.572. The summed E-state index contributed by atoms with van der Waals surface area (Å²) in [6, 6.07) is 15.3. The second-order valence-electron chi connectivity index (χ2n) is 5.95. The summed E-state index contributed by atoms with van der Waals surface area (Å²) in [5.74, 6) is 0.497. The molecule has 2 heterocycles. The van der Waals surface area contributed by atoms with Crippen LogP contribution in [0.3, 0.4) is 0 Å². The van der Waals surface area contributed by atoms with E-state index < -0.39 is 0 Å². The van der Waals surface area contributed by atoms with Gasteiger partial charge >= 0.3 is 0 Å². The van der Waals surface area contributed by atoms with Crippen molar-refractivity contribution in [3.63, 3.8) is 0 Å². The number of thiazole rings is 1. The summed E-state index contributed by atoms with van der Waals surface area (Å²) in [6.07, 6.45) is 3.98. The van der Waals surface area contributed by atoms with E-state index >= 15 is 0 Å². The highest BCUT2D eigenvalue weighted by Gasteiger charge is 2.07. The fourth-order valence-corrected chi connectivity index (χ4v) is 3.34. The van der Waals surface area contributed by atoms with E-state index in [0.29, 0.717) is 5.75 Å². The van der Waals surface area contributed by atoms with Crippen molar-refractivity contribution >= 4 is 27.9 Å². The number of rotatable bonds is 5. The van der Waals surface area contributed by atoms with Crippen LogP contribution >= 0.6 is 11.3 Å². The molecule has 0 saturated heterocycles. The first-order chi connectivity index (χ1) is 12.7. The molecule has 0 atom stereocenters. The molecule has 4 rings (SSSR count). The Labute approximate surface area is 154 Å². The maximum Gasteiger partial charge on any atom is 0.262 e. The molecule has 6 heteroatoms. The number of nitrogens with one attached hydrogen (secondary N) is 1. The summed E-state index contributed by atoms with van der Waals surface area (Å²) in [4.78, 5) is 17.6. The van der Waals surface area contributed by atoms with Gasteiger partial charge in [-0.3, -0.25) is 9.20 Å². The van der Waals surface area contributed by atoms with Crippen LogP contribution in [0.5, 0.6) is 5.75 Å². The zero-order chi connectivity index (χ0) is 17.9. The Kier molecular flexibility index (Phi) is 4.41. The lowest BCUT2D eigenvalue weighted by molar-refractivity contribution is -0.118. The largest absolute Gasteiger partial charge is 0.484 e. The molecule has 26 heavy (non-hydrogen) atoms. The van der Waals surface area contributed by atoms with Crippen LogP contribution in [-0.4, -0.2) is 21.9 Å². The minimum absolute atomic E-state index is 0.0253. The molecule has 0 bridgehead atoms. The minimum atomic E-state index is -0.193. The number of aromatic nitrogens is 2. The standard InChI is InChI=1S/C20H17N3O2S/c1-14-3-2-4-17(11-14)25-13-19(24)21-16-7-5-15(6-8-16)18-12-23-9-10-26-20(23)22-18/h2-12H,13H2,1H3,(H,21,24). The number of ether oxygens (including phenoxy) is 1. The minimum Gasteiger partial charge on any atom is -0.484 e. The molecule has 0 saturated carbocycles. The summed E-state index contributed by atoms with van der Waals surface area (Å²) >= 11 is 1.60. The third-order valence-electron chi connectivity index (χ3n) is 3.92. The molecule has 2 aromatic carbocycles. The lowest BCUT2D eigenvalue weighted by atomic mass is 10.1. The molecule has 0 unspecified atom stereocenters. The maximum atomic E-state index is 12.1. The van der Waals surface area contributed by atoms with Gasteiger partial charge in [-0.05, 0) is 36.8 Å². The van der Waals surface area contributed by atoms with Gasteiger partial charge in [-0.25, -0.2) is 4.98 Å². The summed E-state index contributed by atoms with van der Waals surface area (Å²) in [6.45, 7) is 1.96. The first-order valence-corrected chi connectivity index (χ1v) is 9.07. The van der Waals surface area contributed by atoms with Gasteiger partial charge in [0.15, 0.2) is 11.6 Å². The van der Waals surface area contributed by atoms with Crippen molar-refractivity contribution in [3.05, 3.63) is 71.9 Å². The monoisotopic (exact) mass is 363 g/mol. The normalized spacial score (nSPS) is 10.8. The van der Waals surface area contributed by atoms with Gasteiger partial charge in [0.25, 0.3) is 5.91 Å². The molecule has 0 aliphatic rings. The van der Waals surface area contributed by atoms with Gasteiger partial charge in [0.2, 0.25) is 0 Å². The van der Waals surface area contributed by atoms with Gasteiger partial charge in [-0.1, -0.05) is 24.3 Å². The van der Waals surface area contributed by atoms with E-state index in [1.54, 1.807) is 11.3 Å². The lowest BCUT2D eigenvalue weighted by Crippen LogP contribution is -2.20.